The van der Waals surface area contributed by atoms with Gasteiger partial charge in [0, 0.05) is 18.8 Å². The van der Waals surface area contributed by atoms with Crippen LogP contribution in [0.25, 0.3) is 0 Å². The van der Waals surface area contributed by atoms with Gasteiger partial charge in [0.1, 0.15) is 0 Å². The third-order valence-electron chi connectivity index (χ3n) is 5.83. The topological polar surface area (TPSA) is 50.2 Å². The smallest absolute Gasteiger partial charge is 0.257 e. The maximum Gasteiger partial charge on any atom is 0.257 e. The van der Waals surface area contributed by atoms with Gasteiger partial charge in [-0.05, 0) is 80.9 Å². The summed E-state index contributed by atoms with van der Waals surface area (Å²) in [5.41, 5.74) is 2.14. The number of carbonyl (C=O) groups excluding carboxylic acids is 1. The van der Waals surface area contributed by atoms with Gasteiger partial charge in [0.15, 0.2) is 0 Å². The molecule has 7 heteroatoms. The summed E-state index contributed by atoms with van der Waals surface area (Å²) in [6.45, 7) is 9.13. The minimum Gasteiger partial charge on any atom is -0.331 e. The van der Waals surface area contributed by atoms with E-state index in [1.54, 1.807) is 17.5 Å². The first kappa shape index (κ1) is 20.4. The van der Waals surface area contributed by atoms with E-state index in [9.17, 15) is 4.79 Å². The number of nitrogens with zero attached hydrogens (tertiary/aromatic N) is 3. The lowest BCUT2D eigenvalue weighted by Crippen LogP contribution is -2.39. The molecule has 1 saturated carbocycles. The van der Waals surface area contributed by atoms with Crippen LogP contribution in [-0.4, -0.2) is 39.7 Å². The summed E-state index contributed by atoms with van der Waals surface area (Å²) in [7, 11) is 0. The Balaban J connectivity index is 0.00000210. The Kier molecular flexibility index (Phi) is 5.71. The Labute approximate surface area is 171 Å². The molecule has 1 aliphatic heterocycles. The highest BCUT2D eigenvalue weighted by molar-refractivity contribution is 7.07. The zero-order valence-electron chi connectivity index (χ0n) is 16.3. The molecule has 2 fully saturated rings. The number of amides is 1. The highest BCUT2D eigenvalue weighted by Crippen LogP contribution is 2.56. The van der Waals surface area contributed by atoms with Crippen LogP contribution in [0.3, 0.4) is 0 Å². The SMILES string of the molecule is CC(C)(C)n1cc(C(=O)N(Cc2ccsc2)C2CC23CCNCC3)cn1.Cl. The minimum atomic E-state index is -0.118. The zero-order valence-corrected chi connectivity index (χ0v) is 17.9. The summed E-state index contributed by atoms with van der Waals surface area (Å²) in [5.74, 6) is 0.118. The van der Waals surface area contributed by atoms with Crippen molar-refractivity contribution in [3.8, 4) is 0 Å². The van der Waals surface area contributed by atoms with Crippen LogP contribution in [0, 0.1) is 5.41 Å². The summed E-state index contributed by atoms with van der Waals surface area (Å²) < 4.78 is 1.89. The molecule has 5 nitrogen and oxygen atoms in total. The molecule has 1 unspecified atom stereocenters. The molecule has 1 amide bonds. The Hall–Kier alpha value is -1.37. The van der Waals surface area contributed by atoms with Crippen LogP contribution >= 0.6 is 23.7 Å². The molecule has 2 aromatic rings. The summed E-state index contributed by atoms with van der Waals surface area (Å²) in [4.78, 5) is 15.5. The lowest BCUT2D eigenvalue weighted by atomic mass is 9.93. The van der Waals surface area contributed by atoms with Crippen molar-refractivity contribution in [1.29, 1.82) is 0 Å². The van der Waals surface area contributed by atoms with E-state index in [1.807, 2.05) is 10.9 Å². The number of halogens is 1. The molecule has 0 aromatic carbocycles. The number of aromatic nitrogens is 2. The number of hydrogen-bond donors (Lipinski definition) is 1. The molecule has 3 heterocycles. The zero-order chi connectivity index (χ0) is 18.4. The fraction of sp³-hybridized carbons (Fsp3) is 0.600. The van der Waals surface area contributed by atoms with Crippen molar-refractivity contribution >= 4 is 29.7 Å². The Morgan fingerprint density at radius 2 is 2.15 bits per heavy atom. The highest BCUT2D eigenvalue weighted by atomic mass is 35.5. The molecule has 1 aliphatic carbocycles. The van der Waals surface area contributed by atoms with Crippen molar-refractivity contribution in [2.75, 3.05) is 13.1 Å². The molecular weight excluding hydrogens is 380 g/mol. The largest absolute Gasteiger partial charge is 0.331 e. The number of rotatable bonds is 4. The van der Waals surface area contributed by atoms with Gasteiger partial charge < -0.3 is 10.2 Å². The minimum absolute atomic E-state index is 0. The van der Waals surface area contributed by atoms with Crippen molar-refractivity contribution in [1.82, 2.24) is 20.0 Å². The van der Waals surface area contributed by atoms with Gasteiger partial charge in [-0.1, -0.05) is 0 Å². The summed E-state index contributed by atoms with van der Waals surface area (Å²) >= 11 is 1.69. The fourth-order valence-corrected chi connectivity index (χ4v) is 4.76. The van der Waals surface area contributed by atoms with Gasteiger partial charge in [-0.15, -0.1) is 12.4 Å². The standard InChI is InChI=1S/C20H28N4OS.ClH/c1-19(2,3)24-13-16(11-22-24)18(25)23(12-15-4-9-26-14-15)17-10-20(17)5-7-21-8-6-20;/h4,9,11,13-14,17,21H,5-8,10,12H2,1-3H3;1H. The Morgan fingerprint density at radius 3 is 2.74 bits per heavy atom. The third kappa shape index (κ3) is 4.08. The molecule has 2 aromatic heterocycles. The Bertz CT molecular complexity index is 774. The lowest BCUT2D eigenvalue weighted by Gasteiger charge is -2.29. The van der Waals surface area contributed by atoms with Crippen LogP contribution < -0.4 is 5.32 Å². The van der Waals surface area contributed by atoms with Crippen LogP contribution in [0.1, 0.15) is 56.0 Å². The molecule has 4 rings (SSSR count). The highest BCUT2D eigenvalue weighted by Gasteiger charge is 2.57. The normalized spacial score (nSPS) is 20.9. The average molecular weight is 409 g/mol. The number of thiophene rings is 1. The fourth-order valence-electron chi connectivity index (χ4n) is 4.10. The molecular formula is C20H29ClN4OS. The van der Waals surface area contributed by atoms with Gasteiger partial charge in [0.05, 0.1) is 17.3 Å². The molecule has 1 saturated heterocycles. The number of hydrogen-bond acceptors (Lipinski definition) is 4. The van der Waals surface area contributed by atoms with E-state index in [1.165, 1.54) is 18.4 Å². The van der Waals surface area contributed by atoms with Crippen molar-refractivity contribution in [3.05, 3.63) is 40.3 Å². The van der Waals surface area contributed by atoms with Crippen molar-refractivity contribution in [2.45, 2.75) is 58.2 Å². The van der Waals surface area contributed by atoms with E-state index in [4.69, 9.17) is 0 Å². The summed E-state index contributed by atoms with van der Waals surface area (Å²) in [6.07, 6.45) is 7.11. The van der Waals surface area contributed by atoms with Crippen LogP contribution in [-0.2, 0) is 12.1 Å². The predicted octanol–water partition coefficient (Wildman–Crippen LogP) is 3.91. The van der Waals surface area contributed by atoms with Crippen LogP contribution in [0.4, 0.5) is 0 Å². The third-order valence-corrected chi connectivity index (χ3v) is 6.56. The molecule has 148 valence electrons. The molecule has 1 atom stereocenters. The van der Waals surface area contributed by atoms with E-state index in [2.05, 4.69) is 52.9 Å². The Morgan fingerprint density at radius 1 is 1.41 bits per heavy atom. The van der Waals surface area contributed by atoms with Gasteiger partial charge in [-0.25, -0.2) is 0 Å². The molecule has 1 N–H and O–H groups in total. The second-order valence-electron chi connectivity index (χ2n) is 8.74. The molecule has 0 bridgehead atoms. The van der Waals surface area contributed by atoms with E-state index in [0.717, 1.165) is 19.5 Å². The van der Waals surface area contributed by atoms with Gasteiger partial charge in [0.2, 0.25) is 0 Å². The van der Waals surface area contributed by atoms with Crippen molar-refractivity contribution in [2.24, 2.45) is 5.41 Å². The first-order valence-corrected chi connectivity index (χ1v) is 10.4. The predicted molar refractivity (Wildman–Crippen MR) is 112 cm³/mol. The molecule has 2 aliphatic rings. The average Bonchev–Trinajstić information content (AvgIpc) is 3.06. The van der Waals surface area contributed by atoms with E-state index in [0.29, 0.717) is 23.6 Å². The first-order chi connectivity index (χ1) is 12.4. The van der Waals surface area contributed by atoms with Crippen LogP contribution in [0.5, 0.6) is 0 Å². The maximum absolute atomic E-state index is 13.4. The molecule has 0 radical (unpaired) electrons. The number of carbonyl (C=O) groups is 1. The van der Waals surface area contributed by atoms with E-state index in [-0.39, 0.29) is 23.9 Å². The monoisotopic (exact) mass is 408 g/mol. The van der Waals surface area contributed by atoms with E-state index < -0.39 is 0 Å². The lowest BCUT2D eigenvalue weighted by molar-refractivity contribution is 0.0692. The second kappa shape index (κ2) is 7.57. The van der Waals surface area contributed by atoms with Gasteiger partial charge in [-0.3, -0.25) is 9.48 Å². The summed E-state index contributed by atoms with van der Waals surface area (Å²) in [6, 6.07) is 2.48. The first-order valence-electron chi connectivity index (χ1n) is 9.47. The van der Waals surface area contributed by atoms with Crippen LogP contribution in [0.2, 0.25) is 0 Å². The molecule has 27 heavy (non-hydrogen) atoms. The van der Waals surface area contributed by atoms with Gasteiger partial charge in [-0.2, -0.15) is 16.4 Å². The summed E-state index contributed by atoms with van der Waals surface area (Å²) in [5, 5.41) is 12.1. The number of nitrogens with one attached hydrogen (secondary N) is 1. The van der Waals surface area contributed by atoms with Crippen molar-refractivity contribution in [3.63, 3.8) is 0 Å². The van der Waals surface area contributed by atoms with Crippen molar-refractivity contribution < 1.29 is 4.79 Å². The van der Waals surface area contributed by atoms with E-state index >= 15 is 0 Å². The van der Waals surface area contributed by atoms with Gasteiger partial charge >= 0.3 is 0 Å². The van der Waals surface area contributed by atoms with Crippen LogP contribution in [0.15, 0.2) is 29.2 Å². The van der Waals surface area contributed by atoms with Gasteiger partial charge in [0.25, 0.3) is 5.91 Å². The molecule has 1 spiro atoms. The quantitative estimate of drug-likeness (QED) is 0.834. The number of piperidine rings is 1. The second-order valence-corrected chi connectivity index (χ2v) is 9.52. The maximum atomic E-state index is 13.4.